The zero-order valence-corrected chi connectivity index (χ0v) is 16.6. The van der Waals surface area contributed by atoms with Gasteiger partial charge in [0.2, 0.25) is 5.91 Å². The van der Waals surface area contributed by atoms with Gasteiger partial charge >= 0.3 is 0 Å². The average Bonchev–Trinajstić information content (AvgIpc) is 3.28. The molecule has 152 valence electrons. The molecule has 1 atom stereocenters. The molecule has 0 saturated heterocycles. The number of allylic oxidation sites excluding steroid dienone is 1. The maximum atomic E-state index is 12.7. The SMILES string of the molecule is C#CCC1=CC(=O)N(C(CC(N)=O)c2ccc(OC)c(OC3CCCC3)c2)C1=C. The van der Waals surface area contributed by atoms with Crippen molar-refractivity contribution in [3.8, 4) is 23.8 Å². The van der Waals surface area contributed by atoms with Crippen molar-refractivity contribution >= 4 is 11.8 Å². The van der Waals surface area contributed by atoms with Crippen molar-refractivity contribution in [2.75, 3.05) is 7.11 Å². The fourth-order valence-corrected chi connectivity index (χ4v) is 3.92. The van der Waals surface area contributed by atoms with Crippen LogP contribution in [0.1, 0.15) is 50.1 Å². The number of carbonyl (C=O) groups excluding carboxylic acids is 2. The third-order valence-corrected chi connectivity index (χ3v) is 5.36. The lowest BCUT2D eigenvalue weighted by Gasteiger charge is -2.30. The molecule has 1 aliphatic carbocycles. The number of nitrogens with two attached hydrogens (primary N) is 1. The van der Waals surface area contributed by atoms with Crippen LogP contribution in [0.2, 0.25) is 0 Å². The van der Waals surface area contributed by atoms with Crippen molar-refractivity contribution in [1.29, 1.82) is 0 Å². The van der Waals surface area contributed by atoms with Crippen molar-refractivity contribution in [3.63, 3.8) is 0 Å². The molecule has 1 saturated carbocycles. The van der Waals surface area contributed by atoms with Crippen LogP contribution in [0.15, 0.2) is 42.1 Å². The number of ether oxygens (including phenoxy) is 2. The zero-order chi connectivity index (χ0) is 21.0. The minimum atomic E-state index is -0.601. The Morgan fingerprint density at radius 2 is 2.10 bits per heavy atom. The molecule has 29 heavy (non-hydrogen) atoms. The van der Waals surface area contributed by atoms with E-state index in [9.17, 15) is 9.59 Å². The number of hydrogen-bond acceptors (Lipinski definition) is 4. The van der Waals surface area contributed by atoms with E-state index in [0.717, 1.165) is 31.2 Å². The Hall–Kier alpha value is -3.20. The predicted molar refractivity (Wildman–Crippen MR) is 110 cm³/mol. The van der Waals surface area contributed by atoms with E-state index in [1.54, 1.807) is 13.2 Å². The van der Waals surface area contributed by atoms with E-state index in [1.807, 2.05) is 12.1 Å². The summed E-state index contributed by atoms with van der Waals surface area (Å²) in [6, 6.07) is 4.82. The Bertz CT molecular complexity index is 891. The summed E-state index contributed by atoms with van der Waals surface area (Å²) in [6.07, 6.45) is 11.5. The first-order chi connectivity index (χ1) is 13.9. The lowest BCUT2D eigenvalue weighted by Crippen LogP contribution is -2.32. The Kier molecular flexibility index (Phi) is 6.28. The molecule has 2 aliphatic rings. The normalized spacial score (nSPS) is 17.8. The second-order valence-corrected chi connectivity index (χ2v) is 7.33. The molecule has 1 aliphatic heterocycles. The van der Waals surface area contributed by atoms with Crippen LogP contribution in [-0.2, 0) is 9.59 Å². The highest BCUT2D eigenvalue weighted by Crippen LogP contribution is 2.39. The molecule has 1 aromatic rings. The predicted octanol–water partition coefficient (Wildman–Crippen LogP) is 3.24. The summed E-state index contributed by atoms with van der Waals surface area (Å²) in [5, 5.41) is 0. The van der Waals surface area contributed by atoms with Gasteiger partial charge in [0.15, 0.2) is 11.5 Å². The molecule has 0 bridgehead atoms. The molecular formula is C23H26N2O4. The van der Waals surface area contributed by atoms with E-state index in [2.05, 4.69) is 12.5 Å². The van der Waals surface area contributed by atoms with E-state index in [0.29, 0.717) is 29.2 Å². The lowest BCUT2D eigenvalue weighted by molar-refractivity contribution is -0.126. The molecule has 0 aromatic heterocycles. The number of carbonyl (C=O) groups is 2. The van der Waals surface area contributed by atoms with E-state index >= 15 is 0 Å². The minimum absolute atomic E-state index is 0.0445. The summed E-state index contributed by atoms with van der Waals surface area (Å²) in [7, 11) is 1.58. The minimum Gasteiger partial charge on any atom is -0.493 e. The molecule has 6 nitrogen and oxygen atoms in total. The van der Waals surface area contributed by atoms with Crippen molar-refractivity contribution in [2.24, 2.45) is 5.73 Å². The highest BCUT2D eigenvalue weighted by molar-refractivity contribution is 5.95. The summed E-state index contributed by atoms with van der Waals surface area (Å²) in [5.74, 6) is 2.95. The molecule has 6 heteroatoms. The molecule has 1 fully saturated rings. The van der Waals surface area contributed by atoms with Gasteiger partial charge in [-0.2, -0.15) is 0 Å². The van der Waals surface area contributed by atoms with Crippen LogP contribution < -0.4 is 15.2 Å². The second kappa shape index (κ2) is 8.87. The third kappa shape index (κ3) is 4.45. The summed E-state index contributed by atoms with van der Waals surface area (Å²) in [4.78, 5) is 25.9. The Balaban J connectivity index is 1.95. The van der Waals surface area contributed by atoms with Gasteiger partial charge in [-0.3, -0.25) is 9.59 Å². The smallest absolute Gasteiger partial charge is 0.251 e. The molecule has 0 spiro atoms. The number of amides is 2. The Morgan fingerprint density at radius 1 is 1.38 bits per heavy atom. The molecule has 2 N–H and O–H groups in total. The first-order valence-electron chi connectivity index (χ1n) is 9.74. The summed E-state index contributed by atoms with van der Waals surface area (Å²) < 4.78 is 11.6. The molecule has 2 amide bonds. The Labute approximate surface area is 171 Å². The van der Waals surface area contributed by atoms with Gasteiger partial charge in [-0.1, -0.05) is 12.6 Å². The van der Waals surface area contributed by atoms with E-state index in [4.69, 9.17) is 21.6 Å². The quantitative estimate of drug-likeness (QED) is 0.686. The van der Waals surface area contributed by atoms with Crippen molar-refractivity contribution in [2.45, 2.75) is 50.7 Å². The van der Waals surface area contributed by atoms with Crippen LogP contribution >= 0.6 is 0 Å². The van der Waals surface area contributed by atoms with Gasteiger partial charge in [-0.25, -0.2) is 0 Å². The topological polar surface area (TPSA) is 81.9 Å². The Morgan fingerprint density at radius 3 is 2.72 bits per heavy atom. The summed E-state index contributed by atoms with van der Waals surface area (Å²) in [5.41, 5.74) is 7.38. The largest absolute Gasteiger partial charge is 0.493 e. The molecule has 1 aromatic carbocycles. The van der Waals surface area contributed by atoms with E-state index in [1.165, 1.54) is 11.0 Å². The van der Waals surface area contributed by atoms with E-state index in [-0.39, 0.29) is 18.4 Å². The van der Waals surface area contributed by atoms with Crippen LogP contribution in [0, 0.1) is 12.3 Å². The first-order valence-corrected chi connectivity index (χ1v) is 9.74. The fourth-order valence-electron chi connectivity index (χ4n) is 3.92. The van der Waals surface area contributed by atoms with Gasteiger partial charge in [0.05, 0.1) is 25.7 Å². The maximum absolute atomic E-state index is 12.7. The molecule has 1 unspecified atom stereocenters. The average molecular weight is 394 g/mol. The van der Waals surface area contributed by atoms with Crippen LogP contribution in [0.5, 0.6) is 11.5 Å². The zero-order valence-electron chi connectivity index (χ0n) is 16.6. The van der Waals surface area contributed by atoms with Crippen LogP contribution in [-0.4, -0.2) is 29.9 Å². The number of hydrogen-bond donors (Lipinski definition) is 1. The summed E-state index contributed by atoms with van der Waals surface area (Å²) in [6.45, 7) is 4.01. The van der Waals surface area contributed by atoms with Crippen molar-refractivity contribution in [3.05, 3.63) is 47.7 Å². The van der Waals surface area contributed by atoms with Gasteiger partial charge in [0, 0.05) is 18.2 Å². The highest BCUT2D eigenvalue weighted by atomic mass is 16.5. The third-order valence-electron chi connectivity index (χ3n) is 5.36. The fraction of sp³-hybridized carbons (Fsp3) is 0.391. The number of rotatable bonds is 8. The highest BCUT2D eigenvalue weighted by Gasteiger charge is 2.34. The standard InChI is InChI=1S/C23H26N2O4/c1-4-7-16-13-23(27)25(15(16)2)19(14-22(24)26)17-10-11-20(28-3)21(12-17)29-18-8-5-6-9-18/h1,10-13,18-19H,2,5-9,14H2,3H3,(H2,24,26). The number of benzene rings is 1. The van der Waals surface area contributed by atoms with Crippen LogP contribution in [0.25, 0.3) is 0 Å². The number of terminal acetylenes is 1. The van der Waals surface area contributed by atoms with E-state index < -0.39 is 11.9 Å². The molecule has 3 rings (SSSR count). The van der Waals surface area contributed by atoms with Gasteiger partial charge in [-0.05, 0) is 49.0 Å². The van der Waals surface area contributed by atoms with Gasteiger partial charge < -0.3 is 20.1 Å². The van der Waals surface area contributed by atoms with Crippen LogP contribution in [0.4, 0.5) is 0 Å². The molecule has 1 heterocycles. The molecule has 0 radical (unpaired) electrons. The number of nitrogens with zero attached hydrogens (tertiary/aromatic N) is 1. The lowest BCUT2D eigenvalue weighted by atomic mass is 10.00. The molecular weight excluding hydrogens is 368 g/mol. The second-order valence-electron chi connectivity index (χ2n) is 7.33. The van der Waals surface area contributed by atoms with Gasteiger partial charge in [-0.15, -0.1) is 12.3 Å². The van der Waals surface area contributed by atoms with Crippen molar-refractivity contribution in [1.82, 2.24) is 4.90 Å². The summed E-state index contributed by atoms with van der Waals surface area (Å²) >= 11 is 0. The van der Waals surface area contributed by atoms with Gasteiger partial charge in [0.25, 0.3) is 5.91 Å². The van der Waals surface area contributed by atoms with Gasteiger partial charge in [0.1, 0.15) is 0 Å². The number of primary amides is 1. The maximum Gasteiger partial charge on any atom is 0.251 e. The van der Waals surface area contributed by atoms with Crippen LogP contribution in [0.3, 0.4) is 0 Å². The monoisotopic (exact) mass is 394 g/mol. The van der Waals surface area contributed by atoms with Crippen molar-refractivity contribution < 1.29 is 19.1 Å². The number of methoxy groups -OCH3 is 1. The first kappa shape index (κ1) is 20.5.